The highest BCUT2D eigenvalue weighted by Gasteiger charge is 2.30. The Bertz CT molecular complexity index is 223. The van der Waals surface area contributed by atoms with E-state index in [4.69, 9.17) is 10.8 Å². The van der Waals surface area contributed by atoms with Crippen molar-refractivity contribution in [3.8, 4) is 0 Å². The van der Waals surface area contributed by atoms with Crippen LogP contribution in [0, 0.1) is 0 Å². The van der Waals surface area contributed by atoms with Crippen molar-refractivity contribution < 1.29 is 9.90 Å². The van der Waals surface area contributed by atoms with Gasteiger partial charge in [-0.05, 0) is 26.9 Å². The summed E-state index contributed by atoms with van der Waals surface area (Å²) in [4.78, 5) is 15.3. The summed E-state index contributed by atoms with van der Waals surface area (Å²) in [6, 6.07) is 0.00419. The summed E-state index contributed by atoms with van der Waals surface area (Å²) in [6.07, 6.45) is 0.533. The van der Waals surface area contributed by atoms with Gasteiger partial charge in [0, 0.05) is 25.7 Å². The lowest BCUT2D eigenvalue weighted by Crippen LogP contribution is -2.55. The summed E-state index contributed by atoms with van der Waals surface area (Å²) in [5, 5.41) is 9.10. The fraction of sp³-hybridized carbons (Fsp3) is 0.900. The fourth-order valence-electron chi connectivity index (χ4n) is 1.98. The Labute approximate surface area is 90.8 Å². The number of likely N-dealkylation sites (N-methyl/N-ethyl adjacent to an activating group) is 1. The Morgan fingerprint density at radius 3 is 2.73 bits per heavy atom. The number of nitrogens with zero attached hydrogens (tertiary/aromatic N) is 2. The molecule has 0 aromatic heterocycles. The Hall–Kier alpha value is -0.650. The summed E-state index contributed by atoms with van der Waals surface area (Å²) in [5.74, 6) is -0.753. The standard InChI is InChI=1S/C10H21N3O2/c1-8-7-13(6-5-12(8)2)9(3-4-11)10(14)15/h8-9H,3-7,11H2,1-2H3,(H,14,15). The molecule has 1 aliphatic heterocycles. The van der Waals surface area contributed by atoms with Crippen LogP contribution >= 0.6 is 0 Å². The molecule has 0 saturated carbocycles. The van der Waals surface area contributed by atoms with E-state index in [0.717, 1.165) is 19.6 Å². The topological polar surface area (TPSA) is 69.8 Å². The molecule has 5 heteroatoms. The van der Waals surface area contributed by atoms with Crippen molar-refractivity contribution in [3.05, 3.63) is 0 Å². The zero-order chi connectivity index (χ0) is 11.4. The monoisotopic (exact) mass is 215 g/mol. The molecule has 0 aromatic carbocycles. The first-order valence-electron chi connectivity index (χ1n) is 5.43. The summed E-state index contributed by atoms with van der Waals surface area (Å²) < 4.78 is 0. The van der Waals surface area contributed by atoms with Crippen molar-refractivity contribution in [2.75, 3.05) is 33.2 Å². The Balaban J connectivity index is 2.57. The lowest BCUT2D eigenvalue weighted by atomic mass is 10.1. The van der Waals surface area contributed by atoms with E-state index < -0.39 is 12.0 Å². The maximum atomic E-state index is 11.1. The molecule has 0 spiro atoms. The van der Waals surface area contributed by atoms with Gasteiger partial charge in [0.25, 0.3) is 0 Å². The van der Waals surface area contributed by atoms with Crippen LogP contribution < -0.4 is 5.73 Å². The molecule has 0 aliphatic carbocycles. The van der Waals surface area contributed by atoms with Crippen LogP contribution in [0.25, 0.3) is 0 Å². The number of nitrogens with two attached hydrogens (primary N) is 1. The average Bonchev–Trinajstić information content (AvgIpc) is 2.18. The molecule has 1 saturated heterocycles. The largest absolute Gasteiger partial charge is 0.480 e. The first-order chi connectivity index (χ1) is 7.06. The minimum Gasteiger partial charge on any atom is -0.480 e. The molecule has 1 heterocycles. The van der Waals surface area contributed by atoms with E-state index in [0.29, 0.717) is 19.0 Å². The van der Waals surface area contributed by atoms with E-state index in [9.17, 15) is 4.79 Å². The van der Waals surface area contributed by atoms with Gasteiger partial charge >= 0.3 is 5.97 Å². The van der Waals surface area contributed by atoms with Crippen LogP contribution in [0.5, 0.6) is 0 Å². The predicted molar refractivity (Wildman–Crippen MR) is 58.8 cm³/mol. The van der Waals surface area contributed by atoms with E-state index in [1.165, 1.54) is 0 Å². The van der Waals surface area contributed by atoms with Crippen molar-refractivity contribution in [1.29, 1.82) is 0 Å². The number of piperazine rings is 1. The minimum atomic E-state index is -0.753. The molecule has 2 atom stereocenters. The van der Waals surface area contributed by atoms with Crippen LogP contribution in [0.1, 0.15) is 13.3 Å². The molecule has 0 radical (unpaired) electrons. The van der Waals surface area contributed by atoms with Gasteiger partial charge in [0.15, 0.2) is 0 Å². The molecule has 0 bridgehead atoms. The van der Waals surface area contributed by atoms with Gasteiger partial charge in [0.05, 0.1) is 0 Å². The summed E-state index contributed by atoms with van der Waals surface area (Å²) in [5.41, 5.74) is 5.44. The second kappa shape index (κ2) is 5.44. The van der Waals surface area contributed by atoms with Crippen molar-refractivity contribution >= 4 is 5.97 Å². The van der Waals surface area contributed by atoms with Crippen molar-refractivity contribution in [1.82, 2.24) is 9.80 Å². The fourth-order valence-corrected chi connectivity index (χ4v) is 1.98. The van der Waals surface area contributed by atoms with Crippen molar-refractivity contribution in [2.45, 2.75) is 25.4 Å². The van der Waals surface area contributed by atoms with Crippen LogP contribution in [0.2, 0.25) is 0 Å². The maximum absolute atomic E-state index is 11.1. The third kappa shape index (κ3) is 3.15. The van der Waals surface area contributed by atoms with Gasteiger partial charge < -0.3 is 15.7 Å². The summed E-state index contributed by atoms with van der Waals surface area (Å²) in [6.45, 7) is 5.10. The molecule has 88 valence electrons. The van der Waals surface area contributed by atoms with Gasteiger partial charge in [0.2, 0.25) is 0 Å². The second-order valence-electron chi connectivity index (χ2n) is 4.26. The van der Waals surface area contributed by atoms with Gasteiger partial charge in [-0.3, -0.25) is 9.69 Å². The zero-order valence-corrected chi connectivity index (χ0v) is 9.52. The van der Waals surface area contributed by atoms with Gasteiger partial charge in [0.1, 0.15) is 6.04 Å². The Morgan fingerprint density at radius 2 is 2.27 bits per heavy atom. The van der Waals surface area contributed by atoms with E-state index in [1.807, 2.05) is 4.90 Å². The quantitative estimate of drug-likeness (QED) is 0.657. The van der Waals surface area contributed by atoms with Crippen molar-refractivity contribution in [3.63, 3.8) is 0 Å². The number of hydrogen-bond acceptors (Lipinski definition) is 4. The number of hydrogen-bond donors (Lipinski definition) is 2. The third-order valence-electron chi connectivity index (χ3n) is 3.16. The van der Waals surface area contributed by atoms with Crippen LogP contribution in [-0.2, 0) is 4.79 Å². The summed E-state index contributed by atoms with van der Waals surface area (Å²) >= 11 is 0. The molecule has 1 aliphatic rings. The van der Waals surface area contributed by atoms with Crippen LogP contribution in [-0.4, -0.2) is 66.2 Å². The predicted octanol–water partition coefficient (Wildman–Crippen LogP) is -0.576. The van der Waals surface area contributed by atoms with E-state index in [1.54, 1.807) is 0 Å². The molecular formula is C10H21N3O2. The first kappa shape index (κ1) is 12.4. The van der Waals surface area contributed by atoms with E-state index in [2.05, 4.69) is 18.9 Å². The first-order valence-corrected chi connectivity index (χ1v) is 5.43. The smallest absolute Gasteiger partial charge is 0.320 e. The molecule has 1 fully saturated rings. The normalized spacial score (nSPS) is 26.5. The molecule has 0 amide bonds. The van der Waals surface area contributed by atoms with Gasteiger partial charge in [-0.15, -0.1) is 0 Å². The zero-order valence-electron chi connectivity index (χ0n) is 9.52. The van der Waals surface area contributed by atoms with Crippen LogP contribution in [0.4, 0.5) is 0 Å². The number of rotatable bonds is 4. The second-order valence-corrected chi connectivity index (χ2v) is 4.26. The number of carbonyl (C=O) groups is 1. The lowest BCUT2D eigenvalue weighted by Gasteiger charge is -2.40. The molecule has 0 aromatic rings. The Kier molecular flexibility index (Phi) is 4.50. The lowest BCUT2D eigenvalue weighted by molar-refractivity contribution is -0.144. The highest BCUT2D eigenvalue weighted by molar-refractivity contribution is 5.73. The molecular weight excluding hydrogens is 194 g/mol. The molecule has 3 N–H and O–H groups in total. The highest BCUT2D eigenvalue weighted by atomic mass is 16.4. The Morgan fingerprint density at radius 1 is 1.60 bits per heavy atom. The highest BCUT2D eigenvalue weighted by Crippen LogP contribution is 2.12. The van der Waals surface area contributed by atoms with Crippen LogP contribution in [0.3, 0.4) is 0 Å². The van der Waals surface area contributed by atoms with Gasteiger partial charge in [-0.1, -0.05) is 0 Å². The maximum Gasteiger partial charge on any atom is 0.320 e. The van der Waals surface area contributed by atoms with E-state index in [-0.39, 0.29) is 0 Å². The van der Waals surface area contributed by atoms with Gasteiger partial charge in [-0.25, -0.2) is 0 Å². The van der Waals surface area contributed by atoms with Gasteiger partial charge in [-0.2, -0.15) is 0 Å². The SMILES string of the molecule is CC1CN(C(CCN)C(=O)O)CCN1C. The van der Waals surface area contributed by atoms with E-state index >= 15 is 0 Å². The third-order valence-corrected chi connectivity index (χ3v) is 3.16. The van der Waals surface area contributed by atoms with Crippen molar-refractivity contribution in [2.24, 2.45) is 5.73 Å². The number of carboxylic acids is 1. The number of carboxylic acid groups (broad SMARTS) is 1. The van der Waals surface area contributed by atoms with Crippen LogP contribution in [0.15, 0.2) is 0 Å². The molecule has 15 heavy (non-hydrogen) atoms. The number of aliphatic carboxylic acids is 1. The summed E-state index contributed by atoms with van der Waals surface area (Å²) in [7, 11) is 2.07. The average molecular weight is 215 g/mol. The molecule has 2 unspecified atom stereocenters. The molecule has 1 rings (SSSR count). The minimum absolute atomic E-state index is 0.411. The molecule has 5 nitrogen and oxygen atoms in total.